The van der Waals surface area contributed by atoms with Crippen molar-refractivity contribution < 1.29 is 14.4 Å². The minimum absolute atomic E-state index is 0.0294. The number of nitro groups is 1. The predicted octanol–water partition coefficient (Wildman–Crippen LogP) is 4.20. The fourth-order valence-corrected chi connectivity index (χ4v) is 2.63. The molecule has 0 unspecified atom stereocenters. The molecule has 3 aromatic rings. The summed E-state index contributed by atoms with van der Waals surface area (Å²) in [7, 11) is 3.04. The van der Waals surface area contributed by atoms with Crippen molar-refractivity contribution in [2.75, 3.05) is 24.9 Å². The van der Waals surface area contributed by atoms with Gasteiger partial charge < -0.3 is 20.1 Å². The van der Waals surface area contributed by atoms with Gasteiger partial charge >= 0.3 is 5.69 Å². The molecule has 0 saturated heterocycles. The minimum Gasteiger partial charge on any atom is -0.497 e. The van der Waals surface area contributed by atoms with E-state index in [9.17, 15) is 10.1 Å². The number of rotatable bonds is 7. The molecule has 1 heterocycles. The maximum Gasteiger partial charge on any atom is 0.353 e. The lowest BCUT2D eigenvalue weighted by molar-refractivity contribution is -0.383. The Morgan fingerprint density at radius 2 is 1.75 bits per heavy atom. The quantitative estimate of drug-likeness (QED) is 0.463. The molecule has 0 aliphatic carbocycles. The Bertz CT molecular complexity index is 1010. The van der Waals surface area contributed by atoms with E-state index in [4.69, 9.17) is 9.47 Å². The van der Waals surface area contributed by atoms with E-state index in [1.165, 1.54) is 20.5 Å². The predicted molar refractivity (Wildman–Crippen MR) is 106 cm³/mol. The zero-order valence-electron chi connectivity index (χ0n) is 15.6. The summed E-state index contributed by atoms with van der Waals surface area (Å²) in [6, 6.07) is 12.5. The second kappa shape index (κ2) is 8.21. The van der Waals surface area contributed by atoms with Crippen LogP contribution in [0.5, 0.6) is 11.5 Å². The van der Waals surface area contributed by atoms with E-state index in [2.05, 4.69) is 20.6 Å². The molecule has 0 spiro atoms. The fourth-order valence-electron chi connectivity index (χ4n) is 2.63. The number of anilines is 4. The third-order valence-corrected chi connectivity index (χ3v) is 3.95. The highest BCUT2D eigenvalue weighted by Crippen LogP contribution is 2.36. The van der Waals surface area contributed by atoms with Gasteiger partial charge in [-0.3, -0.25) is 10.1 Å². The first-order valence-corrected chi connectivity index (χ1v) is 8.34. The summed E-state index contributed by atoms with van der Waals surface area (Å²) in [5.41, 5.74) is 1.90. The van der Waals surface area contributed by atoms with E-state index >= 15 is 0 Å². The van der Waals surface area contributed by atoms with Crippen LogP contribution >= 0.6 is 0 Å². The van der Waals surface area contributed by atoms with Gasteiger partial charge in [0.2, 0.25) is 11.6 Å². The van der Waals surface area contributed by atoms with E-state index in [-0.39, 0.29) is 17.3 Å². The molecule has 0 aliphatic rings. The van der Waals surface area contributed by atoms with Crippen LogP contribution in [-0.2, 0) is 0 Å². The lowest BCUT2D eigenvalue weighted by atomic mass is 10.2. The molecule has 0 bridgehead atoms. The Hall–Kier alpha value is -3.88. The first kappa shape index (κ1) is 18.9. The fraction of sp³-hybridized carbons (Fsp3) is 0.158. The number of methoxy groups -OCH3 is 2. The van der Waals surface area contributed by atoms with Crippen molar-refractivity contribution in [1.29, 1.82) is 0 Å². The number of nitrogens with zero attached hydrogens (tertiary/aromatic N) is 3. The third kappa shape index (κ3) is 4.09. The van der Waals surface area contributed by atoms with Gasteiger partial charge in [0.1, 0.15) is 17.8 Å². The van der Waals surface area contributed by atoms with Crippen LogP contribution in [0.4, 0.5) is 28.7 Å². The van der Waals surface area contributed by atoms with Crippen LogP contribution in [0.2, 0.25) is 0 Å². The van der Waals surface area contributed by atoms with Gasteiger partial charge in [-0.25, -0.2) is 9.97 Å². The molecular formula is C19H19N5O4. The topological polar surface area (TPSA) is 111 Å². The molecule has 144 valence electrons. The van der Waals surface area contributed by atoms with Crippen molar-refractivity contribution >= 4 is 28.7 Å². The van der Waals surface area contributed by atoms with Crippen LogP contribution in [0.15, 0.2) is 48.8 Å². The van der Waals surface area contributed by atoms with Gasteiger partial charge in [0.15, 0.2) is 0 Å². The molecule has 9 nitrogen and oxygen atoms in total. The van der Waals surface area contributed by atoms with Gasteiger partial charge in [0.25, 0.3) is 0 Å². The van der Waals surface area contributed by atoms with Crippen molar-refractivity contribution in [2.45, 2.75) is 6.92 Å². The van der Waals surface area contributed by atoms with Crippen LogP contribution in [0, 0.1) is 17.0 Å². The van der Waals surface area contributed by atoms with E-state index < -0.39 is 4.92 Å². The summed E-state index contributed by atoms with van der Waals surface area (Å²) < 4.78 is 10.5. The molecule has 3 rings (SSSR count). The van der Waals surface area contributed by atoms with Crippen molar-refractivity contribution in [2.24, 2.45) is 0 Å². The Morgan fingerprint density at radius 1 is 1.00 bits per heavy atom. The second-order valence-corrected chi connectivity index (χ2v) is 5.86. The molecule has 0 atom stereocenters. The molecule has 0 amide bonds. The number of aryl methyl sites for hydroxylation is 1. The average Bonchev–Trinajstić information content (AvgIpc) is 2.68. The Balaban J connectivity index is 2.01. The molecule has 1 aromatic heterocycles. The van der Waals surface area contributed by atoms with Crippen molar-refractivity contribution in [3.05, 3.63) is 64.5 Å². The van der Waals surface area contributed by atoms with Crippen LogP contribution in [0.25, 0.3) is 0 Å². The lowest BCUT2D eigenvalue weighted by Crippen LogP contribution is -2.06. The highest BCUT2D eigenvalue weighted by molar-refractivity contribution is 5.78. The number of hydrogen-bond acceptors (Lipinski definition) is 8. The SMILES string of the molecule is COc1ccc(OC)c(Nc2ncnc(Nc3cccc(C)c3)c2[N+](=O)[O-])c1. The first-order valence-electron chi connectivity index (χ1n) is 8.34. The Labute approximate surface area is 161 Å². The van der Waals surface area contributed by atoms with Gasteiger partial charge in [-0.2, -0.15) is 0 Å². The molecule has 2 aromatic carbocycles. The summed E-state index contributed by atoms with van der Waals surface area (Å²) in [6.07, 6.45) is 1.25. The van der Waals surface area contributed by atoms with Gasteiger partial charge in [-0.1, -0.05) is 12.1 Å². The zero-order valence-corrected chi connectivity index (χ0v) is 15.6. The number of benzene rings is 2. The van der Waals surface area contributed by atoms with E-state index in [0.29, 0.717) is 22.9 Å². The molecule has 2 N–H and O–H groups in total. The monoisotopic (exact) mass is 381 g/mol. The smallest absolute Gasteiger partial charge is 0.353 e. The maximum absolute atomic E-state index is 11.8. The number of aromatic nitrogens is 2. The number of nitrogens with one attached hydrogen (secondary N) is 2. The number of ether oxygens (including phenoxy) is 2. The Morgan fingerprint density at radius 3 is 2.39 bits per heavy atom. The lowest BCUT2D eigenvalue weighted by Gasteiger charge is -2.13. The van der Waals surface area contributed by atoms with Crippen molar-refractivity contribution in [3.63, 3.8) is 0 Å². The molecule has 0 aliphatic heterocycles. The number of hydrogen-bond donors (Lipinski definition) is 2. The van der Waals surface area contributed by atoms with Crippen molar-refractivity contribution in [3.8, 4) is 11.5 Å². The first-order chi connectivity index (χ1) is 13.5. The van der Waals surface area contributed by atoms with Gasteiger partial charge in [0.05, 0.1) is 24.8 Å². The summed E-state index contributed by atoms with van der Waals surface area (Å²) >= 11 is 0. The summed E-state index contributed by atoms with van der Waals surface area (Å²) in [6.45, 7) is 1.93. The highest BCUT2D eigenvalue weighted by Gasteiger charge is 2.24. The third-order valence-electron chi connectivity index (χ3n) is 3.95. The van der Waals surface area contributed by atoms with Gasteiger partial charge in [-0.05, 0) is 36.8 Å². The highest BCUT2D eigenvalue weighted by atomic mass is 16.6. The zero-order chi connectivity index (χ0) is 20.1. The normalized spacial score (nSPS) is 10.2. The Kier molecular flexibility index (Phi) is 5.54. The van der Waals surface area contributed by atoms with Crippen molar-refractivity contribution in [1.82, 2.24) is 9.97 Å². The molecule has 0 fully saturated rings. The van der Waals surface area contributed by atoms with E-state index in [0.717, 1.165) is 5.56 Å². The standard InChI is InChI=1S/C19H19N5O4/c1-12-5-4-6-13(9-12)22-18-17(24(25)26)19(21-11-20-18)23-15-10-14(27-2)7-8-16(15)28-3/h4-11H,1-3H3,(H2,20,21,22,23). The molecular weight excluding hydrogens is 362 g/mol. The van der Waals surface area contributed by atoms with Crippen LogP contribution < -0.4 is 20.1 Å². The molecule has 28 heavy (non-hydrogen) atoms. The van der Waals surface area contributed by atoms with E-state index in [1.807, 2.05) is 25.1 Å². The molecule has 9 heteroatoms. The van der Waals surface area contributed by atoms with Gasteiger partial charge in [-0.15, -0.1) is 0 Å². The summed E-state index contributed by atoms with van der Waals surface area (Å²) in [4.78, 5) is 19.3. The minimum atomic E-state index is -0.535. The van der Waals surface area contributed by atoms with Crippen LogP contribution in [-0.4, -0.2) is 29.1 Å². The van der Waals surface area contributed by atoms with Gasteiger partial charge in [0, 0.05) is 11.8 Å². The largest absolute Gasteiger partial charge is 0.497 e. The van der Waals surface area contributed by atoms with Crippen LogP contribution in [0.1, 0.15) is 5.56 Å². The van der Waals surface area contributed by atoms with Crippen LogP contribution in [0.3, 0.4) is 0 Å². The summed E-state index contributed by atoms with van der Waals surface area (Å²) in [5, 5.41) is 17.7. The maximum atomic E-state index is 11.8. The average molecular weight is 381 g/mol. The summed E-state index contributed by atoms with van der Waals surface area (Å²) in [5.74, 6) is 1.16. The molecule has 0 radical (unpaired) electrons. The van der Waals surface area contributed by atoms with E-state index in [1.54, 1.807) is 24.3 Å². The second-order valence-electron chi connectivity index (χ2n) is 5.86. The molecule has 0 saturated carbocycles.